The first kappa shape index (κ1) is 18.7. The van der Waals surface area contributed by atoms with Crippen molar-refractivity contribution in [3.63, 3.8) is 0 Å². The largest absolute Gasteiger partial charge is 0.339 e. The van der Waals surface area contributed by atoms with Gasteiger partial charge in [-0.05, 0) is 43.7 Å². The minimum absolute atomic E-state index is 0.00870. The van der Waals surface area contributed by atoms with Crippen molar-refractivity contribution in [2.24, 2.45) is 0 Å². The van der Waals surface area contributed by atoms with Gasteiger partial charge in [0, 0.05) is 13.1 Å². The zero-order valence-corrected chi connectivity index (χ0v) is 17.8. The van der Waals surface area contributed by atoms with E-state index in [1.54, 1.807) is 16.0 Å². The molecule has 0 spiro atoms. The number of fused-ring (bicyclic) bond motifs is 1. The normalized spacial score (nSPS) is 21.3. The highest BCUT2D eigenvalue weighted by Crippen LogP contribution is 2.34. The quantitative estimate of drug-likeness (QED) is 0.638. The molecule has 3 aromatic rings. The van der Waals surface area contributed by atoms with Crippen molar-refractivity contribution < 1.29 is 13.2 Å². The van der Waals surface area contributed by atoms with E-state index < -0.39 is 9.84 Å². The zero-order valence-electron chi connectivity index (χ0n) is 16.2. The van der Waals surface area contributed by atoms with Gasteiger partial charge in [-0.3, -0.25) is 4.79 Å². The number of aromatic nitrogens is 3. The maximum Gasteiger partial charge on any atom is 0.254 e. The number of rotatable bonds is 3. The molecule has 0 radical (unpaired) electrons. The highest BCUT2D eigenvalue weighted by Gasteiger charge is 2.33. The summed E-state index contributed by atoms with van der Waals surface area (Å²) in [5.41, 5.74) is 2.68. The Kier molecular flexibility index (Phi) is 4.47. The third-order valence-electron chi connectivity index (χ3n) is 5.79. The van der Waals surface area contributed by atoms with Crippen molar-refractivity contribution in [1.29, 1.82) is 0 Å². The summed E-state index contributed by atoms with van der Waals surface area (Å²) >= 11 is 1.57. The van der Waals surface area contributed by atoms with Crippen molar-refractivity contribution in [3.05, 3.63) is 34.8 Å². The van der Waals surface area contributed by atoms with Gasteiger partial charge < -0.3 is 4.90 Å². The Balaban J connectivity index is 1.71. The van der Waals surface area contributed by atoms with Crippen LogP contribution in [0.5, 0.6) is 0 Å². The van der Waals surface area contributed by atoms with Crippen molar-refractivity contribution in [2.45, 2.75) is 32.2 Å². The molecule has 2 fully saturated rings. The first-order valence-electron chi connectivity index (χ1n) is 9.86. The van der Waals surface area contributed by atoms with Crippen LogP contribution in [-0.2, 0) is 9.84 Å². The van der Waals surface area contributed by atoms with Gasteiger partial charge in [0.1, 0.15) is 0 Å². The van der Waals surface area contributed by atoms with Gasteiger partial charge in [0.05, 0.1) is 44.8 Å². The molecular weight excluding hydrogens is 408 g/mol. The van der Waals surface area contributed by atoms with Crippen LogP contribution in [0.2, 0.25) is 0 Å². The molecule has 1 atom stereocenters. The number of hydrogen-bond donors (Lipinski definition) is 0. The third kappa shape index (κ3) is 3.26. The molecular formula is C20H22N4O3S2. The van der Waals surface area contributed by atoms with E-state index in [4.69, 9.17) is 4.98 Å². The van der Waals surface area contributed by atoms with Gasteiger partial charge in [0.15, 0.2) is 15.5 Å². The molecule has 0 unspecified atom stereocenters. The van der Waals surface area contributed by atoms with Gasteiger partial charge in [0.2, 0.25) is 0 Å². The minimum atomic E-state index is -3.06. The Hall–Kier alpha value is -2.26. The molecule has 0 saturated carbocycles. The SMILES string of the molecule is Cc1nn([C@H]2CCS(=O)(=O)C2)c2nc(-c3cccs3)cc(C(=O)N3CCCC3)c12. The lowest BCUT2D eigenvalue weighted by Crippen LogP contribution is -2.28. The molecule has 152 valence electrons. The number of hydrogen-bond acceptors (Lipinski definition) is 6. The van der Waals surface area contributed by atoms with Crippen LogP contribution in [-0.4, -0.2) is 58.6 Å². The molecule has 5 rings (SSSR count). The summed E-state index contributed by atoms with van der Waals surface area (Å²) < 4.78 is 25.8. The summed E-state index contributed by atoms with van der Waals surface area (Å²) in [5.74, 6) is 0.251. The number of nitrogens with zero attached hydrogens (tertiary/aromatic N) is 4. The van der Waals surface area contributed by atoms with Crippen molar-refractivity contribution in [1.82, 2.24) is 19.7 Å². The van der Waals surface area contributed by atoms with Crippen LogP contribution in [0.3, 0.4) is 0 Å². The van der Waals surface area contributed by atoms with E-state index in [2.05, 4.69) is 5.10 Å². The van der Waals surface area contributed by atoms with E-state index in [0.717, 1.165) is 47.6 Å². The molecule has 2 aliphatic rings. The number of thiophene rings is 1. The zero-order chi connectivity index (χ0) is 20.2. The van der Waals surface area contributed by atoms with Crippen molar-refractivity contribution >= 4 is 38.1 Å². The standard InChI is InChI=1S/C20H22N4O3S2/c1-13-18-15(20(25)23-7-2-3-8-23)11-16(17-5-4-9-28-17)21-19(18)24(22-13)14-6-10-29(26,27)12-14/h4-5,9,11,14H,2-3,6-8,10,12H2,1H3/t14-/m0/s1. The highest BCUT2D eigenvalue weighted by molar-refractivity contribution is 7.91. The topological polar surface area (TPSA) is 85.2 Å². The second-order valence-corrected chi connectivity index (χ2v) is 11.0. The Labute approximate surface area is 173 Å². The molecule has 7 nitrogen and oxygen atoms in total. The van der Waals surface area contributed by atoms with Crippen LogP contribution in [0.25, 0.3) is 21.6 Å². The second-order valence-electron chi connectivity index (χ2n) is 7.82. The fraction of sp³-hybridized carbons (Fsp3) is 0.450. The molecule has 2 saturated heterocycles. The van der Waals surface area contributed by atoms with Crippen LogP contribution >= 0.6 is 11.3 Å². The van der Waals surface area contributed by atoms with E-state index in [1.165, 1.54) is 0 Å². The van der Waals surface area contributed by atoms with E-state index in [9.17, 15) is 13.2 Å². The lowest BCUT2D eigenvalue weighted by Gasteiger charge is -2.17. The van der Waals surface area contributed by atoms with Crippen LogP contribution in [0.1, 0.15) is 41.4 Å². The van der Waals surface area contributed by atoms with Gasteiger partial charge in [-0.15, -0.1) is 11.3 Å². The van der Waals surface area contributed by atoms with Gasteiger partial charge in [0.25, 0.3) is 5.91 Å². The second kappa shape index (κ2) is 6.91. The Morgan fingerprint density at radius 2 is 2.07 bits per heavy atom. The summed E-state index contributed by atoms with van der Waals surface area (Å²) in [6.07, 6.45) is 2.57. The average Bonchev–Trinajstić information content (AvgIpc) is 3.48. The molecule has 3 aromatic heterocycles. The van der Waals surface area contributed by atoms with E-state index in [1.807, 2.05) is 35.4 Å². The fourth-order valence-electron chi connectivity index (χ4n) is 4.35. The lowest BCUT2D eigenvalue weighted by molar-refractivity contribution is 0.0794. The summed E-state index contributed by atoms with van der Waals surface area (Å²) in [4.78, 5) is 21.1. The predicted molar refractivity (Wildman–Crippen MR) is 113 cm³/mol. The van der Waals surface area contributed by atoms with Gasteiger partial charge >= 0.3 is 0 Å². The van der Waals surface area contributed by atoms with Crippen molar-refractivity contribution in [2.75, 3.05) is 24.6 Å². The van der Waals surface area contributed by atoms with E-state index >= 15 is 0 Å². The van der Waals surface area contributed by atoms with Gasteiger partial charge in [-0.1, -0.05) is 6.07 Å². The number of carbonyl (C=O) groups excluding carboxylic acids is 1. The van der Waals surface area contributed by atoms with Crippen LogP contribution in [0, 0.1) is 6.92 Å². The summed E-state index contributed by atoms with van der Waals surface area (Å²) in [6.45, 7) is 3.41. The van der Waals surface area contributed by atoms with Gasteiger partial charge in [-0.25, -0.2) is 18.1 Å². The smallest absolute Gasteiger partial charge is 0.254 e. The van der Waals surface area contributed by atoms with Gasteiger partial charge in [-0.2, -0.15) is 5.10 Å². The average molecular weight is 431 g/mol. The molecule has 5 heterocycles. The maximum absolute atomic E-state index is 13.3. The lowest BCUT2D eigenvalue weighted by atomic mass is 10.1. The molecule has 29 heavy (non-hydrogen) atoms. The highest BCUT2D eigenvalue weighted by atomic mass is 32.2. The number of carbonyl (C=O) groups is 1. The van der Waals surface area contributed by atoms with Crippen LogP contribution in [0.4, 0.5) is 0 Å². The van der Waals surface area contributed by atoms with Crippen LogP contribution < -0.4 is 0 Å². The molecule has 0 N–H and O–H groups in total. The molecule has 2 aliphatic heterocycles. The number of amides is 1. The first-order chi connectivity index (χ1) is 13.9. The summed E-state index contributed by atoms with van der Waals surface area (Å²) in [7, 11) is -3.06. The Bertz CT molecular complexity index is 1190. The first-order valence-corrected chi connectivity index (χ1v) is 12.6. The van der Waals surface area contributed by atoms with Crippen LogP contribution in [0.15, 0.2) is 23.6 Å². The summed E-state index contributed by atoms with van der Waals surface area (Å²) in [5, 5.41) is 7.38. The van der Waals surface area contributed by atoms with E-state index in [0.29, 0.717) is 17.6 Å². The molecule has 0 aliphatic carbocycles. The molecule has 0 bridgehead atoms. The fourth-order valence-corrected chi connectivity index (χ4v) is 6.72. The van der Waals surface area contributed by atoms with E-state index in [-0.39, 0.29) is 23.5 Å². The molecule has 0 aromatic carbocycles. The Morgan fingerprint density at radius 1 is 1.28 bits per heavy atom. The number of likely N-dealkylation sites (tertiary alicyclic amines) is 1. The molecule has 9 heteroatoms. The Morgan fingerprint density at radius 3 is 2.72 bits per heavy atom. The number of aryl methyl sites for hydroxylation is 1. The number of pyridine rings is 1. The number of sulfone groups is 1. The minimum Gasteiger partial charge on any atom is -0.339 e. The maximum atomic E-state index is 13.3. The molecule has 1 amide bonds. The predicted octanol–water partition coefficient (Wildman–Crippen LogP) is 3.06. The summed E-state index contributed by atoms with van der Waals surface area (Å²) in [6, 6.07) is 5.58. The third-order valence-corrected chi connectivity index (χ3v) is 8.43. The van der Waals surface area contributed by atoms with Crippen molar-refractivity contribution in [3.8, 4) is 10.6 Å². The monoisotopic (exact) mass is 430 g/mol.